The zero-order chi connectivity index (χ0) is 12.7. The van der Waals surface area contributed by atoms with Crippen LogP contribution in [-0.4, -0.2) is 11.8 Å². The fraction of sp³-hybridized carbons (Fsp3) is 0.818. The summed E-state index contributed by atoms with van der Waals surface area (Å²) in [5, 5.41) is 0. The number of hydrogen-bond acceptors (Lipinski definition) is 2. The maximum Gasteiger partial charge on any atom is 0.234 e. The van der Waals surface area contributed by atoms with Crippen molar-refractivity contribution in [2.75, 3.05) is 0 Å². The van der Waals surface area contributed by atoms with Gasteiger partial charge in [-0.05, 0) is 10.8 Å². The van der Waals surface area contributed by atoms with Gasteiger partial charge in [-0.1, -0.05) is 41.5 Å². The molecule has 108 valence electrons. The first kappa shape index (κ1) is 26.7. The maximum atomic E-state index is 11.7. The van der Waals surface area contributed by atoms with Gasteiger partial charge in [0, 0.05) is 21.7 Å². The van der Waals surface area contributed by atoms with Gasteiger partial charge in [0.2, 0.25) is 11.8 Å². The zero-order valence-electron chi connectivity index (χ0n) is 11.8. The molecule has 0 aromatic rings. The minimum Gasteiger partial charge on any atom is -0.369 e. The van der Waals surface area contributed by atoms with E-state index in [-0.39, 0.29) is 46.5 Å². The molecule has 0 aromatic heterocycles. The second-order valence-corrected chi connectivity index (χ2v) is 5.98. The number of halogens is 2. The number of carbonyl (C=O) groups excluding carboxylic acids is 2. The first-order valence-corrected chi connectivity index (χ1v) is 4.99. The second-order valence-electron chi connectivity index (χ2n) is 5.98. The number of amides is 2. The summed E-state index contributed by atoms with van der Waals surface area (Å²) in [6, 6.07) is 0. The summed E-state index contributed by atoms with van der Waals surface area (Å²) in [5.41, 5.74) is 8.25. The van der Waals surface area contributed by atoms with E-state index in [9.17, 15) is 9.59 Å². The Morgan fingerprint density at radius 2 is 0.889 bits per heavy atom. The van der Waals surface area contributed by atoms with Crippen LogP contribution in [0.15, 0.2) is 0 Å². The van der Waals surface area contributed by atoms with Crippen LogP contribution >= 0.6 is 24.8 Å². The molecule has 4 nitrogen and oxygen atoms in total. The van der Waals surface area contributed by atoms with Crippen LogP contribution in [0.4, 0.5) is 0 Å². The molecule has 0 atom stereocenters. The van der Waals surface area contributed by atoms with Gasteiger partial charge in [-0.3, -0.25) is 9.59 Å². The van der Waals surface area contributed by atoms with Gasteiger partial charge in [0.25, 0.3) is 0 Å². The number of nitrogens with two attached hydrogens (primary N) is 2. The van der Waals surface area contributed by atoms with Crippen LogP contribution in [0.2, 0.25) is 0 Å². The van der Waals surface area contributed by atoms with E-state index in [1.165, 1.54) is 0 Å². The van der Waals surface area contributed by atoms with Crippen LogP contribution in [-0.2, 0) is 31.3 Å². The smallest absolute Gasteiger partial charge is 0.234 e. The molecule has 0 rings (SSSR count). The Labute approximate surface area is 137 Å². The Morgan fingerprint density at radius 1 is 0.722 bits per heavy atom. The van der Waals surface area contributed by atoms with Gasteiger partial charge in [0.15, 0.2) is 0 Å². The molecular weight excluding hydrogens is 311 g/mol. The molecule has 7 heteroatoms. The van der Waals surface area contributed by atoms with Gasteiger partial charge >= 0.3 is 0 Å². The van der Waals surface area contributed by atoms with Crippen molar-refractivity contribution in [3.63, 3.8) is 0 Å². The molecule has 18 heavy (non-hydrogen) atoms. The Morgan fingerprint density at radius 3 is 0.889 bits per heavy atom. The Kier molecular flexibility index (Phi) is 11.5. The third-order valence-corrected chi connectivity index (χ3v) is 2.99. The first-order valence-electron chi connectivity index (χ1n) is 4.99. The molecule has 0 aromatic carbocycles. The van der Waals surface area contributed by atoms with Crippen LogP contribution in [0.5, 0.6) is 0 Å². The van der Waals surface area contributed by atoms with E-state index in [0.29, 0.717) is 0 Å². The van der Waals surface area contributed by atoms with Gasteiger partial charge in [0.1, 0.15) is 5.41 Å². The van der Waals surface area contributed by atoms with E-state index >= 15 is 0 Å². The molecule has 0 bridgehead atoms. The van der Waals surface area contributed by atoms with E-state index in [1.807, 2.05) is 0 Å². The Bertz CT molecular complexity index is 266. The van der Waals surface area contributed by atoms with Gasteiger partial charge in [-0.15, -0.1) is 24.8 Å². The largest absolute Gasteiger partial charge is 0.369 e. The van der Waals surface area contributed by atoms with Gasteiger partial charge in [-0.25, -0.2) is 0 Å². The molecule has 0 aliphatic heterocycles. The topological polar surface area (TPSA) is 86.2 Å². The first-order chi connectivity index (χ1) is 6.39. The summed E-state index contributed by atoms with van der Waals surface area (Å²) in [4.78, 5) is 23.4. The predicted molar refractivity (Wildman–Crippen MR) is 74.2 cm³/mol. The van der Waals surface area contributed by atoms with Crippen LogP contribution in [0.1, 0.15) is 41.5 Å². The molecule has 0 saturated carbocycles. The summed E-state index contributed by atoms with van der Waals surface area (Å²) in [7, 11) is 0. The second kappa shape index (κ2) is 7.73. The molecule has 2 amide bonds. The third kappa shape index (κ3) is 4.12. The van der Waals surface area contributed by atoms with Crippen molar-refractivity contribution in [1.82, 2.24) is 0 Å². The average molecular weight is 335 g/mol. The van der Waals surface area contributed by atoms with Crippen molar-refractivity contribution >= 4 is 36.6 Å². The molecule has 0 unspecified atom stereocenters. The van der Waals surface area contributed by atoms with Crippen LogP contribution < -0.4 is 11.5 Å². The molecule has 0 aliphatic rings. The van der Waals surface area contributed by atoms with Crippen LogP contribution in [0, 0.1) is 16.2 Å². The van der Waals surface area contributed by atoms with Crippen molar-refractivity contribution < 1.29 is 31.3 Å². The van der Waals surface area contributed by atoms with E-state index < -0.39 is 28.1 Å². The van der Waals surface area contributed by atoms with E-state index in [4.69, 9.17) is 11.5 Å². The standard InChI is InChI=1S/C11H22N2O2.2ClH.Ti/c1-9(2,3)11(7(12)14,8(13)15)10(4,5)6;;;/h1-6H3,(H2,12,14)(H2,13,15);2*1H;. The summed E-state index contributed by atoms with van der Waals surface area (Å²) in [6.45, 7) is 10.8. The normalized spacial score (nSPS) is 11.4. The molecule has 0 radical (unpaired) electrons. The van der Waals surface area contributed by atoms with Crippen molar-refractivity contribution in [3.05, 3.63) is 0 Å². The molecule has 0 saturated heterocycles. The van der Waals surface area contributed by atoms with Gasteiger partial charge in [-0.2, -0.15) is 0 Å². The van der Waals surface area contributed by atoms with Crippen molar-refractivity contribution in [2.45, 2.75) is 41.5 Å². The minimum atomic E-state index is -1.35. The number of carbonyl (C=O) groups is 2. The third-order valence-electron chi connectivity index (χ3n) is 2.99. The summed E-state index contributed by atoms with van der Waals surface area (Å²) in [5.74, 6) is -1.31. The van der Waals surface area contributed by atoms with Crippen molar-refractivity contribution in [3.8, 4) is 0 Å². The fourth-order valence-corrected chi connectivity index (χ4v) is 2.72. The summed E-state index contributed by atoms with van der Waals surface area (Å²) in [6.07, 6.45) is 0. The summed E-state index contributed by atoms with van der Waals surface area (Å²) >= 11 is 0. The number of primary amides is 2. The van der Waals surface area contributed by atoms with Gasteiger partial charge in [0.05, 0.1) is 0 Å². The van der Waals surface area contributed by atoms with E-state index in [2.05, 4.69) is 0 Å². The van der Waals surface area contributed by atoms with Gasteiger partial charge < -0.3 is 11.5 Å². The average Bonchev–Trinajstić information content (AvgIpc) is 1.75. The zero-order valence-corrected chi connectivity index (χ0v) is 15.0. The monoisotopic (exact) mass is 334 g/mol. The molecular formula is C11H24Cl2N2O2Ti. The number of hydrogen-bond donors (Lipinski definition) is 2. The van der Waals surface area contributed by atoms with E-state index in [0.717, 1.165) is 0 Å². The van der Waals surface area contributed by atoms with Crippen molar-refractivity contribution in [2.24, 2.45) is 27.7 Å². The quantitative estimate of drug-likeness (QED) is 0.596. The fourth-order valence-electron chi connectivity index (χ4n) is 2.72. The molecule has 0 spiro atoms. The molecule has 0 heterocycles. The molecule has 0 fully saturated rings. The summed E-state index contributed by atoms with van der Waals surface area (Å²) < 4.78 is 0. The molecule has 4 N–H and O–H groups in total. The van der Waals surface area contributed by atoms with E-state index in [1.54, 1.807) is 41.5 Å². The van der Waals surface area contributed by atoms with Crippen molar-refractivity contribution in [1.29, 1.82) is 0 Å². The number of rotatable bonds is 2. The molecule has 0 aliphatic carbocycles. The minimum absolute atomic E-state index is 0. The van der Waals surface area contributed by atoms with Crippen LogP contribution in [0.3, 0.4) is 0 Å². The maximum absolute atomic E-state index is 11.7. The SMILES string of the molecule is CC(C)(C)C(C(N)=O)(C(N)=O)C(C)(C)C.Cl.Cl.[Ti]. The predicted octanol–water partition coefficient (Wildman–Crippen LogP) is 1.88. The van der Waals surface area contributed by atoms with Crippen LogP contribution in [0.25, 0.3) is 0 Å². The Hall–Kier alpha value is 0.234. The Balaban J connectivity index is -0.000000327.